The Kier molecular flexibility index (Phi) is 5.32. The Hall–Kier alpha value is -0.800. The number of halogens is 4. The zero-order valence-corrected chi connectivity index (χ0v) is 14.4. The molecule has 2 nitrogen and oxygen atoms in total. The zero-order chi connectivity index (χ0) is 17.5. The smallest absolute Gasteiger partial charge is 0.312 e. The Balaban J connectivity index is 2.15. The maximum absolute atomic E-state index is 13.7. The van der Waals surface area contributed by atoms with Crippen LogP contribution in [0.15, 0.2) is 17.0 Å². The van der Waals surface area contributed by atoms with E-state index in [9.17, 15) is 22.4 Å². The van der Waals surface area contributed by atoms with Gasteiger partial charge in [0.1, 0.15) is 6.61 Å². The van der Waals surface area contributed by atoms with E-state index in [0.29, 0.717) is 0 Å². The van der Waals surface area contributed by atoms with Gasteiger partial charge in [0.25, 0.3) is 0 Å². The molecule has 2 atom stereocenters. The summed E-state index contributed by atoms with van der Waals surface area (Å²) in [6.07, 6.45) is 3.40. The summed E-state index contributed by atoms with van der Waals surface area (Å²) in [6, 6.07) is 0. The van der Waals surface area contributed by atoms with Crippen molar-refractivity contribution in [1.29, 1.82) is 0 Å². The summed E-state index contributed by atoms with van der Waals surface area (Å²) in [6.45, 7) is 0.794. The van der Waals surface area contributed by atoms with Crippen LogP contribution in [0.4, 0.5) is 17.6 Å². The number of thiol groups is 3. The molecule has 1 saturated carbocycles. The van der Waals surface area contributed by atoms with Crippen molar-refractivity contribution in [2.45, 2.75) is 22.5 Å². The molecule has 126 valence electrons. The van der Waals surface area contributed by atoms with Gasteiger partial charge in [-0.3, -0.25) is 4.79 Å². The van der Waals surface area contributed by atoms with Gasteiger partial charge >= 0.3 is 5.97 Å². The van der Waals surface area contributed by atoms with Crippen LogP contribution in [-0.2, 0) is 16.1 Å². The van der Waals surface area contributed by atoms with Crippen molar-refractivity contribution in [3.63, 3.8) is 0 Å². The minimum atomic E-state index is -1.65. The largest absolute Gasteiger partial charge is 0.460 e. The van der Waals surface area contributed by atoms with Crippen molar-refractivity contribution in [2.75, 3.05) is 0 Å². The first kappa shape index (κ1) is 18.5. The lowest BCUT2D eigenvalue weighted by Gasteiger charge is -2.10. The molecule has 0 heterocycles. The Morgan fingerprint density at radius 3 is 2.17 bits per heavy atom. The van der Waals surface area contributed by atoms with Crippen LogP contribution in [0.2, 0.25) is 0 Å². The molecule has 0 bridgehead atoms. The molecule has 1 aliphatic rings. The van der Waals surface area contributed by atoms with Gasteiger partial charge in [-0.25, -0.2) is 17.6 Å². The van der Waals surface area contributed by atoms with E-state index in [0.717, 1.165) is 0 Å². The lowest BCUT2D eigenvalue weighted by Crippen LogP contribution is -2.14. The molecule has 2 unspecified atom stereocenters. The highest BCUT2D eigenvalue weighted by Crippen LogP contribution is 2.59. The van der Waals surface area contributed by atoms with E-state index in [4.69, 9.17) is 4.74 Å². The first-order valence-corrected chi connectivity index (χ1v) is 7.76. The molecule has 0 spiro atoms. The molecule has 9 heteroatoms. The molecular weight excluding hydrogens is 372 g/mol. The normalized spacial score (nSPS) is 22.4. The molecule has 1 aliphatic carbocycles. The average Bonchev–Trinajstić information content (AvgIpc) is 3.04. The number of hydrogen-bond donors (Lipinski definition) is 3. The van der Waals surface area contributed by atoms with Gasteiger partial charge in [0.2, 0.25) is 0 Å². The monoisotopic (exact) mass is 384 g/mol. The van der Waals surface area contributed by atoms with Crippen molar-refractivity contribution in [3.8, 4) is 0 Å². The lowest BCUT2D eigenvalue weighted by molar-refractivity contribution is -0.146. The maximum Gasteiger partial charge on any atom is 0.312 e. The predicted octanol–water partition coefficient (Wildman–Crippen LogP) is 3.95. The third kappa shape index (κ3) is 3.23. The molecule has 1 aromatic carbocycles. The fraction of sp³-hybridized carbons (Fsp3) is 0.357. The highest BCUT2D eigenvalue weighted by molar-refractivity contribution is 8.01. The molecule has 0 aromatic heterocycles. The van der Waals surface area contributed by atoms with E-state index in [1.54, 1.807) is 19.1 Å². The number of ether oxygens (including phenoxy) is 1. The Bertz CT molecular complexity index is 662. The highest BCUT2D eigenvalue weighted by atomic mass is 32.2. The molecule has 1 aromatic rings. The predicted molar refractivity (Wildman–Crippen MR) is 85.8 cm³/mol. The molecule has 1 fully saturated rings. The molecule has 0 N–H and O–H groups in total. The minimum absolute atomic E-state index is 0.311. The third-order valence-electron chi connectivity index (χ3n) is 3.54. The second-order valence-electron chi connectivity index (χ2n) is 5.00. The van der Waals surface area contributed by atoms with Gasteiger partial charge in [-0.15, -0.1) is 12.6 Å². The standard InChI is InChI=1S/C14H12F4O2S3/c1-2-3-6-7(14(6,22)23)13(19)20-4-5-8(15)10(17)12(21)11(18)9(5)16/h2-3,6-7,21-23H,4H2,1H3. The van der Waals surface area contributed by atoms with Crippen LogP contribution in [-0.4, -0.2) is 10.0 Å². The summed E-state index contributed by atoms with van der Waals surface area (Å²) in [4.78, 5) is 10.9. The number of hydrogen-bond acceptors (Lipinski definition) is 5. The van der Waals surface area contributed by atoms with Crippen LogP contribution in [0.25, 0.3) is 0 Å². The fourth-order valence-electron chi connectivity index (χ4n) is 2.19. The van der Waals surface area contributed by atoms with Crippen molar-refractivity contribution in [1.82, 2.24) is 0 Å². The summed E-state index contributed by atoms with van der Waals surface area (Å²) in [5.74, 6) is -8.43. The van der Waals surface area contributed by atoms with Crippen LogP contribution in [0, 0.1) is 35.1 Å². The number of carbonyl (C=O) groups is 1. The summed E-state index contributed by atoms with van der Waals surface area (Å²) >= 11 is 11.7. The summed E-state index contributed by atoms with van der Waals surface area (Å²) in [5.41, 5.74) is -1.02. The van der Waals surface area contributed by atoms with Crippen LogP contribution in [0.5, 0.6) is 0 Å². The second-order valence-corrected chi connectivity index (χ2v) is 7.28. The first-order valence-electron chi connectivity index (χ1n) is 6.42. The van der Waals surface area contributed by atoms with Crippen molar-refractivity contribution < 1.29 is 27.1 Å². The van der Waals surface area contributed by atoms with E-state index in [2.05, 4.69) is 37.9 Å². The number of benzene rings is 1. The molecule has 23 heavy (non-hydrogen) atoms. The molecule has 0 saturated heterocycles. The first-order chi connectivity index (χ1) is 10.6. The van der Waals surface area contributed by atoms with E-state index >= 15 is 0 Å². The number of carbonyl (C=O) groups excluding carboxylic acids is 1. The van der Waals surface area contributed by atoms with E-state index in [1.165, 1.54) is 0 Å². The van der Waals surface area contributed by atoms with Gasteiger partial charge in [0, 0.05) is 5.92 Å². The van der Waals surface area contributed by atoms with Gasteiger partial charge in [-0.2, -0.15) is 25.3 Å². The van der Waals surface area contributed by atoms with Gasteiger partial charge in [0.05, 0.1) is 20.5 Å². The number of rotatable bonds is 4. The highest BCUT2D eigenvalue weighted by Gasteiger charge is 2.64. The van der Waals surface area contributed by atoms with Crippen LogP contribution in [0.1, 0.15) is 12.5 Å². The topological polar surface area (TPSA) is 26.3 Å². The second kappa shape index (κ2) is 6.60. The summed E-state index contributed by atoms with van der Waals surface area (Å²) in [7, 11) is 0. The van der Waals surface area contributed by atoms with Crippen LogP contribution in [0.3, 0.4) is 0 Å². The van der Waals surface area contributed by atoms with E-state index in [-0.39, 0.29) is 5.92 Å². The minimum Gasteiger partial charge on any atom is -0.460 e. The average molecular weight is 384 g/mol. The summed E-state index contributed by atoms with van der Waals surface area (Å²) < 4.78 is 57.9. The SMILES string of the molecule is CC=CC1C(C(=O)OCc2c(F)c(F)c(S)c(F)c2F)C1(S)S. The molecular formula is C14H12F4O2S3. The Morgan fingerprint density at radius 2 is 1.70 bits per heavy atom. The van der Waals surface area contributed by atoms with Gasteiger partial charge in [-0.05, 0) is 6.92 Å². The van der Waals surface area contributed by atoms with Crippen molar-refractivity contribution in [3.05, 3.63) is 41.0 Å². The maximum atomic E-state index is 13.7. The molecule has 0 amide bonds. The number of allylic oxidation sites excluding steroid dienone is 2. The molecule has 0 radical (unpaired) electrons. The number of esters is 1. The van der Waals surface area contributed by atoms with Crippen molar-refractivity contribution >= 4 is 43.9 Å². The molecule has 0 aliphatic heterocycles. The Labute approximate surface area is 146 Å². The van der Waals surface area contributed by atoms with Gasteiger partial charge in [0.15, 0.2) is 23.3 Å². The van der Waals surface area contributed by atoms with Crippen LogP contribution >= 0.6 is 37.9 Å². The molecule has 2 rings (SSSR count). The van der Waals surface area contributed by atoms with Gasteiger partial charge < -0.3 is 4.74 Å². The zero-order valence-electron chi connectivity index (χ0n) is 11.7. The lowest BCUT2D eigenvalue weighted by atomic mass is 10.2. The Morgan fingerprint density at radius 1 is 1.17 bits per heavy atom. The third-order valence-corrected chi connectivity index (χ3v) is 5.09. The van der Waals surface area contributed by atoms with E-state index < -0.39 is 56.3 Å². The van der Waals surface area contributed by atoms with Crippen LogP contribution < -0.4 is 0 Å². The fourth-order valence-corrected chi connectivity index (χ4v) is 3.24. The van der Waals surface area contributed by atoms with Gasteiger partial charge in [-0.1, -0.05) is 12.2 Å². The summed E-state index contributed by atoms with van der Waals surface area (Å²) in [5, 5.41) is 0. The quantitative estimate of drug-likeness (QED) is 0.183. The van der Waals surface area contributed by atoms with E-state index in [1.807, 2.05) is 0 Å². The van der Waals surface area contributed by atoms with Crippen molar-refractivity contribution in [2.24, 2.45) is 11.8 Å².